The zero-order chi connectivity index (χ0) is 15.4. The minimum Gasteiger partial charge on any atom is -0.353 e. The fourth-order valence-corrected chi connectivity index (χ4v) is 1.95. The van der Waals surface area contributed by atoms with E-state index in [0.717, 1.165) is 0 Å². The zero-order valence-electron chi connectivity index (χ0n) is 11.7. The number of benzene rings is 1. The highest BCUT2D eigenvalue weighted by atomic mass is 16.6. The maximum absolute atomic E-state index is 10.8. The average molecular weight is 286 g/mol. The van der Waals surface area contributed by atoms with Gasteiger partial charge in [0.05, 0.1) is 10.6 Å². The van der Waals surface area contributed by atoms with Gasteiger partial charge in [0, 0.05) is 25.2 Å². The summed E-state index contributed by atoms with van der Waals surface area (Å²) >= 11 is 0. The molecule has 0 amide bonds. The molecular weight excluding hydrogens is 272 g/mol. The molecule has 0 radical (unpaired) electrons. The van der Waals surface area contributed by atoms with E-state index in [-0.39, 0.29) is 11.4 Å². The molecule has 8 nitrogen and oxygen atoms in total. The summed E-state index contributed by atoms with van der Waals surface area (Å²) in [6, 6.07) is 7.97. The smallest absolute Gasteiger partial charge is 0.271 e. The summed E-state index contributed by atoms with van der Waals surface area (Å²) in [4.78, 5) is 13.5. The van der Waals surface area contributed by atoms with Gasteiger partial charge in [-0.2, -0.15) is 5.26 Å². The Balaban J connectivity index is 2.48. The predicted octanol–water partition coefficient (Wildman–Crippen LogP) is 1.89. The van der Waals surface area contributed by atoms with Crippen LogP contribution in [0.4, 0.5) is 11.5 Å². The largest absolute Gasteiger partial charge is 0.353 e. The van der Waals surface area contributed by atoms with Gasteiger partial charge < -0.3 is 4.90 Å². The molecule has 0 aliphatic carbocycles. The van der Waals surface area contributed by atoms with Crippen LogP contribution in [0.1, 0.15) is 19.5 Å². The van der Waals surface area contributed by atoms with Crippen LogP contribution in [0.3, 0.4) is 0 Å². The van der Waals surface area contributed by atoms with E-state index in [2.05, 4.69) is 10.2 Å². The van der Waals surface area contributed by atoms with Gasteiger partial charge in [0.1, 0.15) is 6.07 Å². The first kappa shape index (κ1) is 14.5. The molecule has 0 bridgehead atoms. The minimum absolute atomic E-state index is 0.0484. The van der Waals surface area contributed by atoms with Crippen molar-refractivity contribution >= 4 is 11.5 Å². The van der Waals surface area contributed by atoms with Gasteiger partial charge in [0.15, 0.2) is 5.82 Å². The van der Waals surface area contributed by atoms with Crippen molar-refractivity contribution in [2.24, 2.45) is 0 Å². The molecule has 0 saturated carbocycles. The molecule has 21 heavy (non-hydrogen) atoms. The van der Waals surface area contributed by atoms with Gasteiger partial charge in [0.25, 0.3) is 5.69 Å². The van der Waals surface area contributed by atoms with Gasteiger partial charge in [-0.1, -0.05) is 6.07 Å². The first-order valence-corrected chi connectivity index (χ1v) is 6.47. The highest BCUT2D eigenvalue weighted by Crippen LogP contribution is 2.19. The molecule has 0 N–H and O–H groups in total. The normalized spacial score (nSPS) is 10.1. The molecule has 2 aromatic rings. The summed E-state index contributed by atoms with van der Waals surface area (Å²) in [7, 11) is 0. The van der Waals surface area contributed by atoms with E-state index in [1.54, 1.807) is 12.1 Å². The first-order valence-electron chi connectivity index (χ1n) is 6.47. The maximum Gasteiger partial charge on any atom is 0.271 e. The Morgan fingerprint density at radius 3 is 2.67 bits per heavy atom. The van der Waals surface area contributed by atoms with Crippen LogP contribution in [0, 0.1) is 21.4 Å². The van der Waals surface area contributed by atoms with Gasteiger partial charge in [-0.05, 0) is 19.9 Å². The summed E-state index contributed by atoms with van der Waals surface area (Å²) in [5.41, 5.74) is 0.594. The van der Waals surface area contributed by atoms with Crippen molar-refractivity contribution < 1.29 is 4.92 Å². The molecule has 0 aliphatic rings. The number of nitro benzene ring substituents is 1. The standard InChI is InChI=1S/C13H14N6O2/c1-3-17(4-2)13-12(9-14)15-18(16-13)10-6-5-7-11(8-10)19(20)21/h5-8H,3-4H2,1-2H3. The van der Waals surface area contributed by atoms with Gasteiger partial charge in [-0.3, -0.25) is 10.1 Å². The summed E-state index contributed by atoms with van der Waals surface area (Å²) in [6.45, 7) is 5.30. The van der Waals surface area contributed by atoms with Gasteiger partial charge >= 0.3 is 0 Å². The Hall–Kier alpha value is -2.95. The predicted molar refractivity (Wildman–Crippen MR) is 76.3 cm³/mol. The Bertz CT molecular complexity index is 699. The number of hydrogen-bond acceptors (Lipinski definition) is 6. The lowest BCUT2D eigenvalue weighted by Gasteiger charge is -2.16. The van der Waals surface area contributed by atoms with Crippen molar-refractivity contribution in [2.45, 2.75) is 13.8 Å². The minimum atomic E-state index is -0.483. The number of anilines is 1. The van der Waals surface area contributed by atoms with E-state index < -0.39 is 4.92 Å². The number of hydrogen-bond donors (Lipinski definition) is 0. The van der Waals surface area contributed by atoms with E-state index in [9.17, 15) is 10.1 Å². The molecule has 8 heteroatoms. The van der Waals surface area contributed by atoms with Gasteiger partial charge in [-0.15, -0.1) is 15.0 Å². The molecule has 0 aliphatic heterocycles. The Morgan fingerprint density at radius 2 is 2.10 bits per heavy atom. The van der Waals surface area contributed by atoms with Crippen LogP contribution in [0.25, 0.3) is 5.69 Å². The number of nitro groups is 1. The van der Waals surface area contributed by atoms with Crippen molar-refractivity contribution in [3.05, 3.63) is 40.1 Å². The van der Waals surface area contributed by atoms with Crippen molar-refractivity contribution in [2.75, 3.05) is 18.0 Å². The van der Waals surface area contributed by atoms with Crippen LogP contribution >= 0.6 is 0 Å². The van der Waals surface area contributed by atoms with Gasteiger partial charge in [0.2, 0.25) is 5.69 Å². The third-order valence-corrected chi connectivity index (χ3v) is 3.04. The van der Waals surface area contributed by atoms with E-state index in [4.69, 9.17) is 5.26 Å². The lowest BCUT2D eigenvalue weighted by atomic mass is 10.3. The summed E-state index contributed by atoms with van der Waals surface area (Å²) in [5.74, 6) is 0.481. The maximum atomic E-state index is 10.8. The fourth-order valence-electron chi connectivity index (χ4n) is 1.95. The van der Waals surface area contributed by atoms with Crippen LogP contribution in [0.2, 0.25) is 0 Å². The highest BCUT2D eigenvalue weighted by molar-refractivity contribution is 5.51. The van der Waals surface area contributed by atoms with Gasteiger partial charge in [-0.25, -0.2) is 0 Å². The summed E-state index contributed by atoms with van der Waals surface area (Å²) < 4.78 is 0. The third-order valence-electron chi connectivity index (χ3n) is 3.04. The van der Waals surface area contributed by atoms with Crippen molar-refractivity contribution in [1.82, 2.24) is 15.0 Å². The molecule has 0 fully saturated rings. The van der Waals surface area contributed by atoms with E-state index in [0.29, 0.717) is 24.6 Å². The number of non-ortho nitro benzene ring substituents is 1. The number of nitriles is 1. The van der Waals surface area contributed by atoms with Crippen molar-refractivity contribution in [1.29, 1.82) is 5.26 Å². The quantitative estimate of drug-likeness (QED) is 0.614. The monoisotopic (exact) mass is 286 g/mol. The first-order chi connectivity index (χ1) is 10.1. The molecule has 2 rings (SSSR count). The number of aromatic nitrogens is 3. The van der Waals surface area contributed by atoms with Crippen LogP contribution in [-0.2, 0) is 0 Å². The van der Waals surface area contributed by atoms with E-state index in [1.807, 2.05) is 24.8 Å². The third kappa shape index (κ3) is 2.81. The van der Waals surface area contributed by atoms with Crippen LogP contribution in [0.5, 0.6) is 0 Å². The second kappa shape index (κ2) is 6.00. The number of rotatable bonds is 5. The molecule has 1 aromatic heterocycles. The average Bonchev–Trinajstić information content (AvgIpc) is 2.93. The molecular formula is C13H14N6O2. The second-order valence-corrected chi connectivity index (χ2v) is 4.22. The van der Waals surface area contributed by atoms with Crippen LogP contribution in [0.15, 0.2) is 24.3 Å². The topological polar surface area (TPSA) is 101 Å². The zero-order valence-corrected chi connectivity index (χ0v) is 11.7. The van der Waals surface area contributed by atoms with Crippen LogP contribution in [-0.4, -0.2) is 33.0 Å². The molecule has 0 saturated heterocycles. The highest BCUT2D eigenvalue weighted by Gasteiger charge is 2.17. The summed E-state index contributed by atoms with van der Waals surface area (Å²) in [5, 5.41) is 28.3. The SMILES string of the molecule is CCN(CC)c1nn(-c2cccc([N+](=O)[O-])c2)nc1C#N. The van der Waals surface area contributed by atoms with Crippen molar-refractivity contribution in [3.63, 3.8) is 0 Å². The fraction of sp³-hybridized carbons (Fsp3) is 0.308. The lowest BCUT2D eigenvalue weighted by Crippen LogP contribution is -2.23. The second-order valence-electron chi connectivity index (χ2n) is 4.22. The molecule has 0 spiro atoms. The molecule has 1 heterocycles. The lowest BCUT2D eigenvalue weighted by molar-refractivity contribution is -0.384. The Labute approximate surface area is 121 Å². The Kier molecular flexibility index (Phi) is 4.13. The number of nitrogens with zero attached hydrogens (tertiary/aromatic N) is 6. The molecule has 0 atom stereocenters. The Morgan fingerprint density at radius 1 is 1.38 bits per heavy atom. The summed E-state index contributed by atoms with van der Waals surface area (Å²) in [6.07, 6.45) is 0. The van der Waals surface area contributed by atoms with Crippen LogP contribution < -0.4 is 4.90 Å². The van der Waals surface area contributed by atoms with E-state index in [1.165, 1.54) is 16.9 Å². The molecule has 0 unspecified atom stereocenters. The molecule has 1 aromatic carbocycles. The van der Waals surface area contributed by atoms with E-state index >= 15 is 0 Å². The van der Waals surface area contributed by atoms with Crippen molar-refractivity contribution in [3.8, 4) is 11.8 Å². The molecule has 108 valence electrons.